The molecule has 0 aromatic heterocycles. The topological polar surface area (TPSA) is 29.5 Å². The number of rotatable bonds is 4. The van der Waals surface area contributed by atoms with Crippen LogP contribution in [0, 0.1) is 5.82 Å². The van der Waals surface area contributed by atoms with Crippen LogP contribution in [0.3, 0.4) is 0 Å². The zero-order valence-corrected chi connectivity index (χ0v) is 13.7. The van der Waals surface area contributed by atoms with E-state index in [1.807, 2.05) is 35.2 Å². The number of halogens is 1. The third-order valence-corrected chi connectivity index (χ3v) is 5.12. The van der Waals surface area contributed by atoms with Crippen molar-refractivity contribution in [2.45, 2.75) is 11.8 Å². The summed E-state index contributed by atoms with van der Waals surface area (Å²) in [6.07, 6.45) is 0.344. The average Bonchev–Trinajstić information content (AvgIpc) is 3.05. The molecule has 2 aromatic carbocycles. The van der Waals surface area contributed by atoms with Gasteiger partial charge in [-0.25, -0.2) is 4.39 Å². The maximum atomic E-state index is 13.4. The number of amides is 1. The fraction of sp³-hybridized carbons (Fsp3) is 0.278. The number of methoxy groups -OCH3 is 1. The third kappa shape index (κ3) is 3.67. The summed E-state index contributed by atoms with van der Waals surface area (Å²) in [7, 11) is 1.62. The minimum Gasteiger partial charge on any atom is -0.497 e. The van der Waals surface area contributed by atoms with Crippen molar-refractivity contribution in [3.63, 3.8) is 0 Å². The van der Waals surface area contributed by atoms with Crippen LogP contribution in [-0.4, -0.2) is 30.2 Å². The van der Waals surface area contributed by atoms with Gasteiger partial charge in [0.25, 0.3) is 0 Å². The van der Waals surface area contributed by atoms with Crippen LogP contribution in [0.1, 0.15) is 16.5 Å². The molecule has 23 heavy (non-hydrogen) atoms. The van der Waals surface area contributed by atoms with Gasteiger partial charge in [0.1, 0.15) is 16.9 Å². The van der Waals surface area contributed by atoms with Crippen molar-refractivity contribution in [3.8, 4) is 5.75 Å². The molecule has 0 aliphatic carbocycles. The highest BCUT2D eigenvalue weighted by Gasteiger charge is 2.30. The van der Waals surface area contributed by atoms with E-state index >= 15 is 0 Å². The molecule has 1 amide bonds. The lowest BCUT2D eigenvalue weighted by molar-refractivity contribution is -0.130. The van der Waals surface area contributed by atoms with Crippen molar-refractivity contribution in [3.05, 3.63) is 65.5 Å². The van der Waals surface area contributed by atoms with E-state index in [0.717, 1.165) is 22.6 Å². The summed E-state index contributed by atoms with van der Waals surface area (Å²) in [4.78, 5) is 14.5. The number of nitrogens with zero attached hydrogens (tertiary/aromatic N) is 1. The van der Waals surface area contributed by atoms with Gasteiger partial charge in [-0.1, -0.05) is 24.3 Å². The molecule has 2 aromatic rings. The van der Waals surface area contributed by atoms with Gasteiger partial charge in [0.15, 0.2) is 0 Å². The Morgan fingerprint density at radius 2 is 2.09 bits per heavy atom. The van der Waals surface area contributed by atoms with Gasteiger partial charge in [-0.05, 0) is 35.4 Å². The number of ether oxygens (including phenoxy) is 1. The quantitative estimate of drug-likeness (QED) is 0.856. The maximum absolute atomic E-state index is 13.4. The number of benzene rings is 2. The first-order valence-electron chi connectivity index (χ1n) is 7.47. The summed E-state index contributed by atoms with van der Waals surface area (Å²) >= 11 is 1.68. The summed E-state index contributed by atoms with van der Waals surface area (Å²) in [6.45, 7) is 0.695. The van der Waals surface area contributed by atoms with Gasteiger partial charge >= 0.3 is 0 Å². The molecule has 0 radical (unpaired) electrons. The molecule has 1 atom stereocenters. The smallest absolute Gasteiger partial charge is 0.228 e. The molecule has 120 valence electrons. The molecule has 1 heterocycles. The zero-order chi connectivity index (χ0) is 16.2. The van der Waals surface area contributed by atoms with Crippen LogP contribution in [0.4, 0.5) is 4.39 Å². The van der Waals surface area contributed by atoms with E-state index in [2.05, 4.69) is 0 Å². The van der Waals surface area contributed by atoms with E-state index in [4.69, 9.17) is 4.74 Å². The molecule has 3 nitrogen and oxygen atoms in total. The Morgan fingerprint density at radius 1 is 1.30 bits per heavy atom. The summed E-state index contributed by atoms with van der Waals surface area (Å²) in [5.74, 6) is 1.44. The van der Waals surface area contributed by atoms with Crippen LogP contribution in [0.5, 0.6) is 5.75 Å². The molecule has 1 saturated heterocycles. The Kier molecular flexibility index (Phi) is 4.86. The van der Waals surface area contributed by atoms with E-state index in [1.165, 1.54) is 12.1 Å². The number of hydrogen-bond acceptors (Lipinski definition) is 3. The molecular formula is C18H18FNO2S. The predicted octanol–water partition coefficient (Wildman–Crippen LogP) is 3.65. The second-order valence-electron chi connectivity index (χ2n) is 5.39. The van der Waals surface area contributed by atoms with E-state index < -0.39 is 0 Å². The molecule has 3 rings (SSSR count). The van der Waals surface area contributed by atoms with E-state index in [-0.39, 0.29) is 17.1 Å². The Hall–Kier alpha value is -2.01. The lowest BCUT2D eigenvalue weighted by Crippen LogP contribution is -2.31. The SMILES string of the molecule is COc1ccc(CC(=O)N2CCS[C@@H]2c2cccc(F)c2)cc1. The first kappa shape index (κ1) is 15.9. The van der Waals surface area contributed by atoms with Crippen LogP contribution in [0.25, 0.3) is 0 Å². The van der Waals surface area contributed by atoms with Crippen molar-refractivity contribution in [1.29, 1.82) is 0 Å². The van der Waals surface area contributed by atoms with E-state index in [9.17, 15) is 9.18 Å². The number of thioether (sulfide) groups is 1. The molecule has 1 aliphatic rings. The number of carbonyl (C=O) groups is 1. The second kappa shape index (κ2) is 7.04. The van der Waals surface area contributed by atoms with Gasteiger partial charge < -0.3 is 9.64 Å². The maximum Gasteiger partial charge on any atom is 0.228 e. The lowest BCUT2D eigenvalue weighted by atomic mass is 10.1. The van der Waals surface area contributed by atoms with E-state index in [0.29, 0.717) is 13.0 Å². The van der Waals surface area contributed by atoms with Crippen LogP contribution in [0.15, 0.2) is 48.5 Å². The summed E-state index contributed by atoms with van der Waals surface area (Å²) in [6, 6.07) is 14.0. The number of carbonyl (C=O) groups excluding carboxylic acids is 1. The Labute approximate surface area is 139 Å². The highest BCUT2D eigenvalue weighted by Crippen LogP contribution is 2.38. The first-order valence-corrected chi connectivity index (χ1v) is 8.52. The highest BCUT2D eigenvalue weighted by molar-refractivity contribution is 7.99. The largest absolute Gasteiger partial charge is 0.497 e. The summed E-state index contributed by atoms with van der Waals surface area (Å²) in [5.41, 5.74) is 1.79. The molecule has 0 spiro atoms. The molecule has 1 fully saturated rings. The van der Waals surface area contributed by atoms with Gasteiger partial charge in [-0.3, -0.25) is 4.79 Å². The fourth-order valence-corrected chi connectivity index (χ4v) is 3.95. The van der Waals surface area contributed by atoms with Crippen LogP contribution < -0.4 is 4.74 Å². The Morgan fingerprint density at radius 3 is 2.78 bits per heavy atom. The van der Waals surface area contributed by atoms with Crippen molar-refractivity contribution in [2.75, 3.05) is 19.4 Å². The molecule has 0 bridgehead atoms. The molecule has 0 saturated carbocycles. The highest BCUT2D eigenvalue weighted by atomic mass is 32.2. The monoisotopic (exact) mass is 331 g/mol. The summed E-state index contributed by atoms with van der Waals surface area (Å²) < 4.78 is 18.6. The Bertz CT molecular complexity index is 690. The van der Waals surface area contributed by atoms with Gasteiger partial charge in [0.05, 0.1) is 13.5 Å². The van der Waals surface area contributed by atoms with Gasteiger partial charge in [-0.15, -0.1) is 11.8 Å². The summed E-state index contributed by atoms with van der Waals surface area (Å²) in [5, 5.41) is -0.101. The minimum absolute atomic E-state index is 0.0643. The van der Waals surface area contributed by atoms with Crippen LogP contribution in [0.2, 0.25) is 0 Å². The molecular weight excluding hydrogens is 313 g/mol. The standard InChI is InChI=1S/C18H18FNO2S/c1-22-16-7-5-13(6-8-16)11-17(21)20-9-10-23-18(20)14-3-2-4-15(19)12-14/h2-8,12,18H,9-11H2,1H3/t18-/m1/s1. The normalized spacial score (nSPS) is 17.3. The Balaban J connectivity index is 1.72. The van der Waals surface area contributed by atoms with Crippen molar-refractivity contribution >= 4 is 17.7 Å². The van der Waals surface area contributed by atoms with Gasteiger partial charge in [-0.2, -0.15) is 0 Å². The fourth-order valence-electron chi connectivity index (χ4n) is 2.68. The molecule has 0 unspecified atom stereocenters. The molecule has 5 heteroatoms. The number of hydrogen-bond donors (Lipinski definition) is 0. The van der Waals surface area contributed by atoms with Crippen molar-refractivity contribution in [2.24, 2.45) is 0 Å². The van der Waals surface area contributed by atoms with Crippen LogP contribution in [-0.2, 0) is 11.2 Å². The molecule has 1 aliphatic heterocycles. The lowest BCUT2D eigenvalue weighted by Gasteiger charge is -2.24. The third-order valence-electron chi connectivity index (χ3n) is 3.86. The predicted molar refractivity (Wildman–Crippen MR) is 90.0 cm³/mol. The average molecular weight is 331 g/mol. The second-order valence-corrected chi connectivity index (χ2v) is 6.58. The van der Waals surface area contributed by atoms with Gasteiger partial charge in [0, 0.05) is 12.3 Å². The van der Waals surface area contributed by atoms with Crippen molar-refractivity contribution in [1.82, 2.24) is 4.90 Å². The zero-order valence-electron chi connectivity index (χ0n) is 12.9. The van der Waals surface area contributed by atoms with E-state index in [1.54, 1.807) is 24.9 Å². The van der Waals surface area contributed by atoms with Crippen LogP contribution >= 0.6 is 11.8 Å². The van der Waals surface area contributed by atoms with Gasteiger partial charge in [0.2, 0.25) is 5.91 Å². The molecule has 0 N–H and O–H groups in total. The minimum atomic E-state index is -0.266. The van der Waals surface area contributed by atoms with Crippen molar-refractivity contribution < 1.29 is 13.9 Å². The first-order chi connectivity index (χ1) is 11.2.